The molecule has 2 nitrogen and oxygen atoms in total. The van der Waals surface area contributed by atoms with Crippen LogP contribution in [0.3, 0.4) is 0 Å². The molecule has 0 aliphatic carbocycles. The summed E-state index contributed by atoms with van der Waals surface area (Å²) in [5.41, 5.74) is 2.32. The first-order valence-corrected chi connectivity index (χ1v) is 4.63. The van der Waals surface area contributed by atoms with Crippen molar-refractivity contribution in [1.29, 1.82) is 0 Å². The molecule has 0 aliphatic rings. The smallest absolute Gasteiger partial charge is 0.417 e. The first-order chi connectivity index (χ1) is 6.55. The van der Waals surface area contributed by atoms with Gasteiger partial charge in [0.25, 0.3) is 0 Å². The maximum absolute atomic E-state index is 9.99. The van der Waals surface area contributed by atoms with Gasteiger partial charge in [-0.2, -0.15) is 0 Å². The Morgan fingerprint density at radius 3 is 2.50 bits per heavy atom. The Morgan fingerprint density at radius 2 is 1.93 bits per heavy atom. The second kappa shape index (κ2) is 4.27. The van der Waals surface area contributed by atoms with E-state index in [-0.39, 0.29) is 5.41 Å². The third-order valence-corrected chi connectivity index (χ3v) is 2.11. The first-order valence-electron chi connectivity index (χ1n) is 4.63. The minimum absolute atomic E-state index is 0.0723. The average Bonchev–Trinajstić information content (AvgIpc) is 2.14. The summed E-state index contributed by atoms with van der Waals surface area (Å²) < 4.78 is 4.65. The third-order valence-electron chi connectivity index (χ3n) is 2.11. The van der Waals surface area contributed by atoms with E-state index in [0.717, 1.165) is 5.56 Å². The molecule has 0 fully saturated rings. The van der Waals surface area contributed by atoms with E-state index < -0.39 is 0 Å². The molecule has 0 aliphatic heterocycles. The van der Waals surface area contributed by atoms with Crippen molar-refractivity contribution in [3.05, 3.63) is 35.4 Å². The second-order valence-corrected chi connectivity index (χ2v) is 4.28. The molecule has 1 rings (SSSR count). The SMILES string of the molecule is CC(C)(C)c1ccccc1CO[C]=O. The molecule has 0 saturated heterocycles. The Labute approximate surface area is 84.9 Å². The fraction of sp³-hybridized carbons (Fsp3) is 0.417. The van der Waals surface area contributed by atoms with Crippen molar-refractivity contribution < 1.29 is 9.53 Å². The number of hydrogen-bond acceptors (Lipinski definition) is 2. The van der Waals surface area contributed by atoms with Crippen molar-refractivity contribution in [2.75, 3.05) is 0 Å². The topological polar surface area (TPSA) is 26.3 Å². The number of carbonyl (C=O) groups excluding carboxylic acids is 1. The molecule has 1 aromatic carbocycles. The molecule has 0 heterocycles. The molecule has 1 radical (unpaired) electrons. The van der Waals surface area contributed by atoms with Gasteiger partial charge in [0.2, 0.25) is 0 Å². The van der Waals surface area contributed by atoms with Gasteiger partial charge in [-0.25, -0.2) is 4.79 Å². The molecule has 0 bridgehead atoms. The molecule has 0 spiro atoms. The Hall–Kier alpha value is -1.31. The van der Waals surface area contributed by atoms with Gasteiger partial charge in [-0.05, 0) is 16.5 Å². The maximum Gasteiger partial charge on any atom is 0.417 e. The zero-order chi connectivity index (χ0) is 10.6. The van der Waals surface area contributed by atoms with E-state index in [0.29, 0.717) is 6.61 Å². The Morgan fingerprint density at radius 1 is 1.29 bits per heavy atom. The second-order valence-electron chi connectivity index (χ2n) is 4.28. The van der Waals surface area contributed by atoms with E-state index in [1.807, 2.05) is 18.2 Å². The lowest BCUT2D eigenvalue weighted by molar-refractivity contribution is 0.264. The highest BCUT2D eigenvalue weighted by Gasteiger charge is 2.17. The average molecular weight is 191 g/mol. The molecule has 0 N–H and O–H groups in total. The third kappa shape index (κ3) is 2.59. The number of benzene rings is 1. The summed E-state index contributed by atoms with van der Waals surface area (Å²) in [5, 5.41) is 0. The Kier molecular flexibility index (Phi) is 3.28. The molecular weight excluding hydrogens is 176 g/mol. The maximum atomic E-state index is 9.99. The van der Waals surface area contributed by atoms with Gasteiger partial charge in [0, 0.05) is 0 Å². The van der Waals surface area contributed by atoms with Crippen LogP contribution in [0, 0.1) is 0 Å². The van der Waals surface area contributed by atoms with Crippen LogP contribution in [0.5, 0.6) is 0 Å². The van der Waals surface area contributed by atoms with Crippen molar-refractivity contribution in [3.8, 4) is 0 Å². The monoisotopic (exact) mass is 191 g/mol. The fourth-order valence-electron chi connectivity index (χ4n) is 1.49. The van der Waals surface area contributed by atoms with Crippen LogP contribution in [0.25, 0.3) is 0 Å². The fourth-order valence-corrected chi connectivity index (χ4v) is 1.49. The minimum atomic E-state index is 0.0723. The van der Waals surface area contributed by atoms with Crippen LogP contribution in [-0.2, 0) is 21.6 Å². The van der Waals surface area contributed by atoms with Crippen LogP contribution in [0.2, 0.25) is 0 Å². The lowest BCUT2D eigenvalue weighted by Crippen LogP contribution is -2.14. The van der Waals surface area contributed by atoms with Gasteiger partial charge in [-0.15, -0.1) is 0 Å². The van der Waals surface area contributed by atoms with E-state index in [1.54, 1.807) is 0 Å². The molecule has 0 unspecified atom stereocenters. The molecule has 0 aromatic heterocycles. The summed E-state index contributed by atoms with van der Waals surface area (Å²) in [5.74, 6) is 0. The molecule has 1 aromatic rings. The predicted molar refractivity (Wildman–Crippen MR) is 55.6 cm³/mol. The van der Waals surface area contributed by atoms with Crippen LogP contribution in [0.1, 0.15) is 31.9 Å². The molecule has 0 atom stereocenters. The van der Waals surface area contributed by atoms with E-state index in [9.17, 15) is 4.79 Å². The lowest BCUT2D eigenvalue weighted by atomic mass is 9.84. The molecule has 2 heteroatoms. The van der Waals surface area contributed by atoms with E-state index in [1.165, 1.54) is 12.0 Å². The number of ether oxygens (including phenoxy) is 1. The highest BCUT2D eigenvalue weighted by molar-refractivity contribution is 5.40. The van der Waals surface area contributed by atoms with Crippen LogP contribution < -0.4 is 0 Å². The van der Waals surface area contributed by atoms with E-state index >= 15 is 0 Å². The molecule has 0 saturated carbocycles. The molecular formula is C12H15O2. The van der Waals surface area contributed by atoms with E-state index in [4.69, 9.17) is 0 Å². The van der Waals surface area contributed by atoms with Crippen molar-refractivity contribution in [1.82, 2.24) is 0 Å². The predicted octanol–water partition coefficient (Wildman–Crippen LogP) is 2.57. The first kappa shape index (κ1) is 10.8. The van der Waals surface area contributed by atoms with Gasteiger partial charge in [0.05, 0.1) is 0 Å². The van der Waals surface area contributed by atoms with Crippen molar-refractivity contribution in [2.45, 2.75) is 32.8 Å². The van der Waals surface area contributed by atoms with Gasteiger partial charge in [0.15, 0.2) is 0 Å². The summed E-state index contributed by atoms with van der Waals surface area (Å²) >= 11 is 0. The van der Waals surface area contributed by atoms with Crippen molar-refractivity contribution in [2.24, 2.45) is 0 Å². The van der Waals surface area contributed by atoms with Gasteiger partial charge in [0.1, 0.15) is 6.61 Å². The highest BCUT2D eigenvalue weighted by Crippen LogP contribution is 2.25. The van der Waals surface area contributed by atoms with Crippen LogP contribution in [-0.4, -0.2) is 6.47 Å². The molecule has 0 amide bonds. The van der Waals surface area contributed by atoms with Crippen molar-refractivity contribution >= 4 is 6.47 Å². The Balaban J connectivity index is 2.97. The van der Waals surface area contributed by atoms with Crippen molar-refractivity contribution in [3.63, 3.8) is 0 Å². The van der Waals surface area contributed by atoms with E-state index in [2.05, 4.69) is 31.6 Å². The summed E-state index contributed by atoms with van der Waals surface area (Å²) in [6.45, 7) is 8.15. The standard InChI is InChI=1S/C12H15O2/c1-12(2,3)11-7-5-4-6-10(11)8-14-9-13/h4-7H,8H2,1-3H3. The van der Waals surface area contributed by atoms with Gasteiger partial charge in [-0.1, -0.05) is 45.0 Å². The summed E-state index contributed by atoms with van der Waals surface area (Å²) in [4.78, 5) is 9.99. The van der Waals surface area contributed by atoms with Gasteiger partial charge in [-0.3, -0.25) is 0 Å². The molecule has 14 heavy (non-hydrogen) atoms. The minimum Gasteiger partial charge on any atom is -0.452 e. The largest absolute Gasteiger partial charge is 0.452 e. The Bertz CT molecular complexity index is 310. The lowest BCUT2D eigenvalue weighted by Gasteiger charge is -2.22. The zero-order valence-electron chi connectivity index (χ0n) is 8.83. The van der Waals surface area contributed by atoms with Crippen LogP contribution in [0.15, 0.2) is 24.3 Å². The summed E-state index contributed by atoms with van der Waals surface area (Å²) in [6, 6.07) is 7.97. The summed E-state index contributed by atoms with van der Waals surface area (Å²) in [6.07, 6.45) is 0. The summed E-state index contributed by atoms with van der Waals surface area (Å²) in [7, 11) is 0. The number of rotatable bonds is 3. The zero-order valence-corrected chi connectivity index (χ0v) is 8.83. The van der Waals surface area contributed by atoms with Gasteiger partial charge >= 0.3 is 6.47 Å². The quantitative estimate of drug-likeness (QED) is 0.734. The molecule has 75 valence electrons. The van der Waals surface area contributed by atoms with Crippen LogP contribution >= 0.6 is 0 Å². The normalized spacial score (nSPS) is 11.1. The highest BCUT2D eigenvalue weighted by atomic mass is 16.5. The van der Waals surface area contributed by atoms with Crippen LogP contribution in [0.4, 0.5) is 0 Å². The van der Waals surface area contributed by atoms with Gasteiger partial charge < -0.3 is 4.74 Å². The number of hydrogen-bond donors (Lipinski definition) is 0.